The molecular formula is C18H15ClF3N5O3. The van der Waals surface area contributed by atoms with Gasteiger partial charge in [0.15, 0.2) is 17.3 Å². The van der Waals surface area contributed by atoms with E-state index < -0.39 is 25.4 Å². The first-order valence-electron chi connectivity index (χ1n) is 8.88. The quantitative estimate of drug-likeness (QED) is 0.441. The number of alkyl halides is 3. The Bertz CT molecular complexity index is 1110. The van der Waals surface area contributed by atoms with Gasteiger partial charge in [0.1, 0.15) is 19.5 Å². The van der Waals surface area contributed by atoms with E-state index in [0.717, 1.165) is 0 Å². The van der Waals surface area contributed by atoms with Crippen molar-refractivity contribution in [2.24, 2.45) is 0 Å². The highest BCUT2D eigenvalue weighted by molar-refractivity contribution is 6.31. The molecule has 3 aromatic rings. The van der Waals surface area contributed by atoms with Gasteiger partial charge in [-0.25, -0.2) is 9.78 Å². The highest BCUT2D eigenvalue weighted by atomic mass is 35.5. The van der Waals surface area contributed by atoms with Crippen LogP contribution in [-0.2, 0) is 22.6 Å². The summed E-state index contributed by atoms with van der Waals surface area (Å²) in [6.07, 6.45) is -2.98. The average Bonchev–Trinajstić information content (AvgIpc) is 3.23. The lowest BCUT2D eigenvalue weighted by molar-refractivity contribution is -0.177. The average molecular weight is 442 g/mol. The number of aromatic nitrogens is 5. The summed E-state index contributed by atoms with van der Waals surface area (Å²) in [6.45, 7) is 0.103. The van der Waals surface area contributed by atoms with E-state index in [1.54, 1.807) is 34.3 Å². The van der Waals surface area contributed by atoms with Gasteiger partial charge in [-0.3, -0.25) is 4.57 Å². The van der Waals surface area contributed by atoms with Gasteiger partial charge in [0.2, 0.25) is 0 Å². The SMILES string of the molecule is CCOC(=O)c1ncn2c1Cn1c(COCC(F)(F)F)nnc1-c1cc(Cl)ccc1-2. The molecule has 0 saturated heterocycles. The van der Waals surface area contributed by atoms with Gasteiger partial charge >= 0.3 is 12.1 Å². The molecule has 3 heterocycles. The van der Waals surface area contributed by atoms with Crippen LogP contribution in [-0.4, -0.2) is 49.7 Å². The third-order valence-corrected chi connectivity index (χ3v) is 4.66. The van der Waals surface area contributed by atoms with E-state index in [1.807, 2.05) is 0 Å². The molecule has 158 valence electrons. The molecule has 30 heavy (non-hydrogen) atoms. The highest BCUT2D eigenvalue weighted by Crippen LogP contribution is 2.34. The molecule has 8 nitrogen and oxygen atoms in total. The lowest BCUT2D eigenvalue weighted by Crippen LogP contribution is -2.18. The lowest BCUT2D eigenvalue weighted by atomic mass is 10.1. The molecule has 2 aromatic heterocycles. The number of ether oxygens (including phenoxy) is 2. The number of esters is 1. The van der Waals surface area contributed by atoms with Crippen molar-refractivity contribution in [1.29, 1.82) is 0 Å². The maximum Gasteiger partial charge on any atom is 0.411 e. The fourth-order valence-corrected chi connectivity index (χ4v) is 3.39. The molecule has 1 aromatic carbocycles. The molecule has 4 rings (SSSR count). The molecular weight excluding hydrogens is 427 g/mol. The second kappa shape index (κ2) is 7.73. The van der Waals surface area contributed by atoms with Gasteiger partial charge in [-0.1, -0.05) is 11.6 Å². The number of carbonyl (C=O) groups is 1. The number of imidazole rings is 1. The molecule has 1 aliphatic heterocycles. The van der Waals surface area contributed by atoms with Gasteiger partial charge in [-0.2, -0.15) is 13.2 Å². The summed E-state index contributed by atoms with van der Waals surface area (Å²) in [5.74, 6) is -0.0468. The molecule has 1 aliphatic rings. The topological polar surface area (TPSA) is 84.1 Å². The summed E-state index contributed by atoms with van der Waals surface area (Å²) in [5, 5.41) is 8.56. The number of carbonyl (C=O) groups excluding carboxylic acids is 1. The van der Waals surface area contributed by atoms with Crippen molar-refractivity contribution in [2.75, 3.05) is 13.2 Å². The van der Waals surface area contributed by atoms with E-state index in [-0.39, 0.29) is 24.7 Å². The molecule has 0 bridgehead atoms. The van der Waals surface area contributed by atoms with Crippen LogP contribution in [0, 0.1) is 0 Å². The molecule has 0 N–H and O–H groups in total. The zero-order chi connectivity index (χ0) is 21.5. The van der Waals surface area contributed by atoms with E-state index in [0.29, 0.717) is 27.8 Å². The maximum atomic E-state index is 12.5. The summed E-state index contributed by atoms with van der Waals surface area (Å²) in [6, 6.07) is 5.08. The van der Waals surface area contributed by atoms with Gasteiger partial charge in [0.05, 0.1) is 24.5 Å². The molecule has 0 aliphatic carbocycles. The fraction of sp³-hybridized carbons (Fsp3) is 0.333. The summed E-state index contributed by atoms with van der Waals surface area (Å²) in [5.41, 5.74) is 1.81. The van der Waals surface area contributed by atoms with E-state index >= 15 is 0 Å². The van der Waals surface area contributed by atoms with Crippen LogP contribution in [0.1, 0.15) is 28.9 Å². The fourth-order valence-electron chi connectivity index (χ4n) is 3.22. The maximum absolute atomic E-state index is 12.5. The summed E-state index contributed by atoms with van der Waals surface area (Å²) >= 11 is 6.15. The molecule has 0 spiro atoms. The number of hydrogen-bond acceptors (Lipinski definition) is 6. The van der Waals surface area contributed by atoms with Crippen LogP contribution in [0.3, 0.4) is 0 Å². The smallest absolute Gasteiger partial charge is 0.411 e. The van der Waals surface area contributed by atoms with Gasteiger partial charge < -0.3 is 14.0 Å². The Labute approximate surface area is 173 Å². The number of rotatable bonds is 5. The first-order chi connectivity index (χ1) is 14.3. The third kappa shape index (κ3) is 3.77. The van der Waals surface area contributed by atoms with Crippen molar-refractivity contribution >= 4 is 17.6 Å². The number of halogens is 4. The zero-order valence-corrected chi connectivity index (χ0v) is 16.4. The van der Waals surface area contributed by atoms with Crippen molar-refractivity contribution < 1.29 is 27.4 Å². The van der Waals surface area contributed by atoms with E-state index in [4.69, 9.17) is 21.1 Å². The van der Waals surface area contributed by atoms with E-state index in [2.05, 4.69) is 15.2 Å². The van der Waals surface area contributed by atoms with Crippen molar-refractivity contribution in [3.05, 3.63) is 46.8 Å². The molecule has 0 unspecified atom stereocenters. The Hall–Kier alpha value is -2.92. The monoisotopic (exact) mass is 441 g/mol. The number of benzene rings is 1. The second-order valence-electron chi connectivity index (χ2n) is 6.43. The van der Waals surface area contributed by atoms with Crippen LogP contribution >= 0.6 is 11.6 Å². The van der Waals surface area contributed by atoms with E-state index in [1.165, 1.54) is 6.33 Å². The van der Waals surface area contributed by atoms with Crippen LogP contribution in [0.15, 0.2) is 24.5 Å². The minimum Gasteiger partial charge on any atom is -0.461 e. The largest absolute Gasteiger partial charge is 0.461 e. The van der Waals surface area contributed by atoms with Gasteiger partial charge in [0.25, 0.3) is 0 Å². The Morgan fingerprint density at radius 1 is 1.30 bits per heavy atom. The van der Waals surface area contributed by atoms with Crippen molar-refractivity contribution in [3.63, 3.8) is 0 Å². The van der Waals surface area contributed by atoms with Crippen LogP contribution in [0.2, 0.25) is 5.02 Å². The minimum atomic E-state index is -4.46. The van der Waals surface area contributed by atoms with Crippen LogP contribution in [0.5, 0.6) is 0 Å². The summed E-state index contributed by atoms with van der Waals surface area (Å²) in [4.78, 5) is 16.5. The molecule has 0 radical (unpaired) electrons. The van der Waals surface area contributed by atoms with Crippen molar-refractivity contribution in [2.45, 2.75) is 26.3 Å². The normalized spacial score (nSPS) is 12.7. The molecule has 0 amide bonds. The Kier molecular flexibility index (Phi) is 5.24. The third-order valence-electron chi connectivity index (χ3n) is 4.43. The summed E-state index contributed by atoms with van der Waals surface area (Å²) in [7, 11) is 0. The first kappa shape index (κ1) is 20.4. The van der Waals surface area contributed by atoms with Crippen LogP contribution in [0.25, 0.3) is 17.1 Å². The van der Waals surface area contributed by atoms with Gasteiger partial charge in [-0.05, 0) is 25.1 Å². The molecule has 12 heteroatoms. The van der Waals surface area contributed by atoms with Crippen molar-refractivity contribution in [1.82, 2.24) is 24.3 Å². The lowest BCUT2D eigenvalue weighted by Gasteiger charge is -2.10. The molecule has 0 atom stereocenters. The Morgan fingerprint density at radius 3 is 2.83 bits per heavy atom. The van der Waals surface area contributed by atoms with Gasteiger partial charge in [0, 0.05) is 10.6 Å². The number of nitrogens with zero attached hydrogens (tertiary/aromatic N) is 5. The van der Waals surface area contributed by atoms with Crippen molar-refractivity contribution in [3.8, 4) is 17.1 Å². The summed E-state index contributed by atoms with van der Waals surface area (Å²) < 4.78 is 50.5. The number of fused-ring (bicyclic) bond motifs is 5. The first-order valence-corrected chi connectivity index (χ1v) is 9.26. The number of hydrogen-bond donors (Lipinski definition) is 0. The minimum absolute atomic E-state index is 0.0769. The predicted molar refractivity (Wildman–Crippen MR) is 98.4 cm³/mol. The standard InChI is InChI=1S/C18H15ClF3N5O3/c1-2-30-17(28)15-13-6-26-14(7-29-8-18(20,21)22)24-25-16(26)11-5-10(19)3-4-12(11)27(13)9-23-15/h3-5,9H,2,6-8H2,1H3. The second-order valence-corrected chi connectivity index (χ2v) is 6.86. The molecule has 0 fully saturated rings. The van der Waals surface area contributed by atoms with Crippen LogP contribution in [0.4, 0.5) is 13.2 Å². The van der Waals surface area contributed by atoms with E-state index in [9.17, 15) is 18.0 Å². The van der Waals surface area contributed by atoms with Crippen LogP contribution < -0.4 is 0 Å². The van der Waals surface area contributed by atoms with Gasteiger partial charge in [-0.15, -0.1) is 10.2 Å². The Morgan fingerprint density at radius 2 is 2.10 bits per heavy atom. The Balaban J connectivity index is 1.81. The predicted octanol–water partition coefficient (Wildman–Crippen LogP) is 3.40. The highest BCUT2D eigenvalue weighted by Gasteiger charge is 2.30. The molecule has 0 saturated carbocycles. The zero-order valence-electron chi connectivity index (χ0n) is 15.6.